The molecular formula is C18H20O4. The molecule has 1 aliphatic carbocycles. The van der Waals surface area contributed by atoms with E-state index in [4.69, 9.17) is 4.74 Å². The van der Waals surface area contributed by atoms with E-state index in [-0.39, 0.29) is 36.1 Å². The van der Waals surface area contributed by atoms with Crippen LogP contribution < -0.4 is 4.74 Å². The Morgan fingerprint density at radius 3 is 2.68 bits per heavy atom. The summed E-state index contributed by atoms with van der Waals surface area (Å²) in [5.41, 5.74) is 1.96. The molecule has 1 aromatic carbocycles. The lowest BCUT2D eigenvalue weighted by atomic mass is 9.82. The number of methoxy groups -OCH3 is 1. The number of ketones is 3. The maximum atomic E-state index is 12.6. The zero-order chi connectivity index (χ0) is 16.3. The number of allylic oxidation sites excluding steroid dienone is 1. The second kappa shape index (κ2) is 6.69. The van der Waals surface area contributed by atoms with Crippen molar-refractivity contribution in [2.45, 2.75) is 32.6 Å². The van der Waals surface area contributed by atoms with E-state index < -0.39 is 0 Å². The van der Waals surface area contributed by atoms with E-state index in [1.807, 2.05) is 6.92 Å². The fraction of sp³-hybridized carbons (Fsp3) is 0.389. The van der Waals surface area contributed by atoms with Crippen molar-refractivity contribution in [3.63, 3.8) is 0 Å². The predicted octanol–water partition coefficient (Wildman–Crippen LogP) is 3.24. The molecule has 0 heterocycles. The van der Waals surface area contributed by atoms with Gasteiger partial charge in [0, 0.05) is 29.9 Å². The van der Waals surface area contributed by atoms with E-state index in [2.05, 4.69) is 6.58 Å². The minimum absolute atomic E-state index is 0.0299. The summed E-state index contributed by atoms with van der Waals surface area (Å²) in [5, 5.41) is 0. The van der Waals surface area contributed by atoms with E-state index >= 15 is 0 Å². The highest BCUT2D eigenvalue weighted by Gasteiger charge is 2.29. The Bertz CT molecular complexity index is 642. The molecule has 1 fully saturated rings. The van der Waals surface area contributed by atoms with Gasteiger partial charge >= 0.3 is 0 Å². The van der Waals surface area contributed by atoms with Crippen molar-refractivity contribution in [1.29, 1.82) is 0 Å². The molecule has 1 aliphatic rings. The molecule has 0 spiro atoms. The van der Waals surface area contributed by atoms with E-state index in [9.17, 15) is 14.4 Å². The zero-order valence-electron chi connectivity index (χ0n) is 13.0. The van der Waals surface area contributed by atoms with Crippen LogP contribution in [0.1, 0.15) is 48.5 Å². The summed E-state index contributed by atoms with van der Waals surface area (Å²) < 4.78 is 5.30. The van der Waals surface area contributed by atoms with Gasteiger partial charge < -0.3 is 4.74 Å². The number of Topliss-reactive ketones (excluding diaryl/α,β-unsaturated/α-hetero) is 3. The summed E-state index contributed by atoms with van der Waals surface area (Å²) in [6, 6.07) is 5.27. The van der Waals surface area contributed by atoms with Crippen molar-refractivity contribution in [2.24, 2.45) is 5.92 Å². The molecule has 1 aromatic rings. The molecule has 2 rings (SSSR count). The van der Waals surface area contributed by atoms with Crippen molar-refractivity contribution in [3.8, 4) is 5.75 Å². The Balaban J connectivity index is 2.25. The normalized spacial score (nSPS) is 18.2. The first-order chi connectivity index (χ1) is 10.4. The van der Waals surface area contributed by atoms with Crippen molar-refractivity contribution >= 4 is 22.9 Å². The molecule has 0 aromatic heterocycles. The largest absolute Gasteiger partial charge is 0.496 e. The minimum atomic E-state index is -0.352. The smallest absolute Gasteiger partial charge is 0.164 e. The van der Waals surface area contributed by atoms with Gasteiger partial charge in [0.15, 0.2) is 5.78 Å². The van der Waals surface area contributed by atoms with E-state index in [0.717, 1.165) is 5.57 Å². The number of carbonyl (C=O) groups is 3. The van der Waals surface area contributed by atoms with Crippen LogP contribution >= 0.6 is 0 Å². The van der Waals surface area contributed by atoms with Gasteiger partial charge in [-0.3, -0.25) is 14.4 Å². The summed E-state index contributed by atoms with van der Waals surface area (Å²) >= 11 is 0. The number of rotatable bonds is 5. The molecule has 22 heavy (non-hydrogen) atoms. The van der Waals surface area contributed by atoms with E-state index in [1.165, 1.54) is 0 Å². The van der Waals surface area contributed by atoms with Gasteiger partial charge in [0.25, 0.3) is 0 Å². The number of carbonyl (C=O) groups excluding carboxylic acids is 3. The molecule has 4 nitrogen and oxygen atoms in total. The lowest BCUT2D eigenvalue weighted by molar-refractivity contribution is -0.132. The number of hydrogen-bond acceptors (Lipinski definition) is 4. The van der Waals surface area contributed by atoms with E-state index in [0.29, 0.717) is 29.7 Å². The topological polar surface area (TPSA) is 60.4 Å². The van der Waals surface area contributed by atoms with Crippen LogP contribution in [0.2, 0.25) is 0 Å². The Hall–Kier alpha value is -2.23. The molecule has 1 saturated carbocycles. The Morgan fingerprint density at radius 1 is 1.36 bits per heavy atom. The van der Waals surface area contributed by atoms with Crippen molar-refractivity contribution in [3.05, 3.63) is 35.9 Å². The number of hydrogen-bond donors (Lipinski definition) is 0. The third-order valence-corrected chi connectivity index (χ3v) is 4.00. The van der Waals surface area contributed by atoms with Gasteiger partial charge in [0.1, 0.15) is 17.3 Å². The predicted molar refractivity (Wildman–Crippen MR) is 84.0 cm³/mol. The fourth-order valence-electron chi connectivity index (χ4n) is 2.85. The second-order valence-corrected chi connectivity index (χ2v) is 5.71. The van der Waals surface area contributed by atoms with Crippen LogP contribution in [0.25, 0.3) is 5.57 Å². The molecule has 0 radical (unpaired) electrons. The SMILES string of the molecule is C=C(C)c1c(OC)cccc1C(=O)CC1CCC(=O)CC1=O. The highest BCUT2D eigenvalue weighted by Crippen LogP contribution is 2.31. The summed E-state index contributed by atoms with van der Waals surface area (Å²) in [4.78, 5) is 35.8. The average molecular weight is 300 g/mol. The third kappa shape index (κ3) is 3.32. The highest BCUT2D eigenvalue weighted by molar-refractivity contribution is 6.07. The van der Waals surface area contributed by atoms with Crippen LogP contribution in [0.4, 0.5) is 0 Å². The molecular weight excluding hydrogens is 280 g/mol. The van der Waals surface area contributed by atoms with Crippen LogP contribution in [0.3, 0.4) is 0 Å². The summed E-state index contributed by atoms with van der Waals surface area (Å²) in [6.07, 6.45) is 0.952. The van der Waals surface area contributed by atoms with Crippen molar-refractivity contribution in [1.82, 2.24) is 0 Å². The molecule has 0 amide bonds. The maximum absolute atomic E-state index is 12.6. The van der Waals surface area contributed by atoms with Gasteiger partial charge in [0.2, 0.25) is 0 Å². The number of ether oxygens (including phenoxy) is 1. The standard InChI is InChI=1S/C18H20O4/c1-11(2)18-14(5-4-6-17(18)22-3)16(21)9-12-7-8-13(19)10-15(12)20/h4-6,12H,1,7-10H2,2-3H3. The molecule has 1 atom stereocenters. The van der Waals surface area contributed by atoms with E-state index in [1.54, 1.807) is 25.3 Å². The minimum Gasteiger partial charge on any atom is -0.496 e. The first-order valence-corrected chi connectivity index (χ1v) is 7.34. The molecule has 0 saturated heterocycles. The summed E-state index contributed by atoms with van der Waals surface area (Å²) in [6.45, 7) is 5.72. The molecule has 4 heteroatoms. The monoisotopic (exact) mass is 300 g/mol. The van der Waals surface area contributed by atoms with Crippen molar-refractivity contribution < 1.29 is 19.1 Å². The van der Waals surface area contributed by atoms with Gasteiger partial charge in [-0.2, -0.15) is 0 Å². The van der Waals surface area contributed by atoms with Gasteiger partial charge in [0.05, 0.1) is 13.5 Å². The van der Waals surface area contributed by atoms with Crippen LogP contribution in [0.15, 0.2) is 24.8 Å². The molecule has 0 aliphatic heterocycles. The highest BCUT2D eigenvalue weighted by atomic mass is 16.5. The van der Waals surface area contributed by atoms with Gasteiger partial charge in [-0.05, 0) is 25.0 Å². The first kappa shape index (κ1) is 16.1. The summed E-state index contributed by atoms with van der Waals surface area (Å²) in [7, 11) is 1.55. The lowest BCUT2D eigenvalue weighted by Crippen LogP contribution is -2.27. The quantitative estimate of drug-likeness (QED) is 0.618. The average Bonchev–Trinajstić information content (AvgIpc) is 2.48. The molecule has 0 N–H and O–H groups in total. The van der Waals surface area contributed by atoms with Crippen molar-refractivity contribution in [2.75, 3.05) is 7.11 Å². The van der Waals surface area contributed by atoms with Crippen LogP contribution in [0.5, 0.6) is 5.75 Å². The Morgan fingerprint density at radius 2 is 2.09 bits per heavy atom. The zero-order valence-corrected chi connectivity index (χ0v) is 13.0. The molecule has 0 bridgehead atoms. The van der Waals surface area contributed by atoms with Crippen LogP contribution in [-0.4, -0.2) is 24.5 Å². The van der Waals surface area contributed by atoms with Gasteiger partial charge in [-0.1, -0.05) is 18.7 Å². The maximum Gasteiger partial charge on any atom is 0.164 e. The van der Waals surface area contributed by atoms with Gasteiger partial charge in [-0.25, -0.2) is 0 Å². The molecule has 1 unspecified atom stereocenters. The Kier molecular flexibility index (Phi) is 4.91. The lowest BCUT2D eigenvalue weighted by Gasteiger charge is -2.20. The second-order valence-electron chi connectivity index (χ2n) is 5.71. The van der Waals surface area contributed by atoms with Crippen LogP contribution in [-0.2, 0) is 9.59 Å². The third-order valence-electron chi connectivity index (χ3n) is 4.00. The first-order valence-electron chi connectivity index (χ1n) is 7.34. The van der Waals surface area contributed by atoms with Gasteiger partial charge in [-0.15, -0.1) is 0 Å². The summed E-state index contributed by atoms with van der Waals surface area (Å²) in [5.74, 6) is -0.00968. The Labute approximate surface area is 130 Å². The number of benzene rings is 1. The van der Waals surface area contributed by atoms with Crippen LogP contribution in [0, 0.1) is 5.92 Å². The fourth-order valence-corrected chi connectivity index (χ4v) is 2.85. The molecule has 116 valence electrons.